The van der Waals surface area contributed by atoms with Crippen LogP contribution in [0.3, 0.4) is 0 Å². The molecule has 0 unspecified atom stereocenters. The first-order valence-corrected chi connectivity index (χ1v) is 7.15. The summed E-state index contributed by atoms with van der Waals surface area (Å²) in [6, 6.07) is 1.80. The predicted octanol–water partition coefficient (Wildman–Crippen LogP) is 1.40. The van der Waals surface area contributed by atoms with E-state index in [1.165, 1.54) is 0 Å². The normalized spacial score (nSPS) is 18.6. The SMILES string of the molecule is Cc1cc(C(=O)NC2(CBr)CCOCC2)nn1C. The molecule has 0 aliphatic carbocycles. The van der Waals surface area contributed by atoms with Crippen LogP contribution >= 0.6 is 15.9 Å². The first-order chi connectivity index (χ1) is 8.56. The number of amides is 1. The maximum absolute atomic E-state index is 12.2. The van der Waals surface area contributed by atoms with Gasteiger partial charge in [0, 0.05) is 31.3 Å². The molecule has 1 aromatic rings. The Morgan fingerprint density at radius 2 is 2.28 bits per heavy atom. The second-order valence-electron chi connectivity index (χ2n) is 4.78. The molecule has 6 heteroatoms. The molecule has 18 heavy (non-hydrogen) atoms. The molecule has 1 aromatic heterocycles. The fourth-order valence-electron chi connectivity index (χ4n) is 2.03. The smallest absolute Gasteiger partial charge is 0.272 e. The monoisotopic (exact) mass is 315 g/mol. The average Bonchev–Trinajstić information content (AvgIpc) is 2.71. The van der Waals surface area contributed by atoms with Crippen molar-refractivity contribution in [2.24, 2.45) is 7.05 Å². The number of carbonyl (C=O) groups is 1. The number of halogens is 1. The number of hydrogen-bond acceptors (Lipinski definition) is 3. The highest BCUT2D eigenvalue weighted by Gasteiger charge is 2.33. The molecule has 1 aliphatic heterocycles. The van der Waals surface area contributed by atoms with Crippen LogP contribution in [0.15, 0.2) is 6.07 Å². The summed E-state index contributed by atoms with van der Waals surface area (Å²) in [6.07, 6.45) is 1.66. The molecule has 0 atom stereocenters. The average molecular weight is 316 g/mol. The molecule has 2 rings (SSSR count). The van der Waals surface area contributed by atoms with Crippen LogP contribution < -0.4 is 5.32 Å². The molecule has 0 spiro atoms. The van der Waals surface area contributed by atoms with Gasteiger partial charge in [0.05, 0.1) is 5.54 Å². The molecule has 0 saturated carbocycles. The van der Waals surface area contributed by atoms with Crippen LogP contribution in [-0.2, 0) is 11.8 Å². The number of aromatic nitrogens is 2. The van der Waals surface area contributed by atoms with Crippen LogP contribution in [0.25, 0.3) is 0 Å². The number of alkyl halides is 1. The Hall–Kier alpha value is -0.880. The molecule has 1 aliphatic rings. The van der Waals surface area contributed by atoms with Crippen molar-refractivity contribution in [2.75, 3.05) is 18.5 Å². The second kappa shape index (κ2) is 5.40. The van der Waals surface area contributed by atoms with E-state index in [9.17, 15) is 4.79 Å². The van der Waals surface area contributed by atoms with Gasteiger partial charge in [-0.2, -0.15) is 5.10 Å². The Kier molecular flexibility index (Phi) is 4.07. The van der Waals surface area contributed by atoms with Gasteiger partial charge in [0.25, 0.3) is 5.91 Å². The van der Waals surface area contributed by atoms with Crippen LogP contribution in [0.2, 0.25) is 0 Å². The summed E-state index contributed by atoms with van der Waals surface area (Å²) in [6.45, 7) is 3.30. The highest BCUT2D eigenvalue weighted by atomic mass is 79.9. The molecular weight excluding hydrogens is 298 g/mol. The molecule has 100 valence electrons. The number of carbonyl (C=O) groups excluding carboxylic acids is 1. The molecule has 1 saturated heterocycles. The number of rotatable bonds is 3. The number of ether oxygens (including phenoxy) is 1. The van der Waals surface area contributed by atoms with E-state index in [0.717, 1.165) is 23.9 Å². The van der Waals surface area contributed by atoms with Crippen LogP contribution in [0.4, 0.5) is 0 Å². The van der Waals surface area contributed by atoms with Gasteiger partial charge in [0.2, 0.25) is 0 Å². The van der Waals surface area contributed by atoms with E-state index >= 15 is 0 Å². The van der Waals surface area contributed by atoms with Gasteiger partial charge < -0.3 is 10.1 Å². The van der Waals surface area contributed by atoms with Gasteiger partial charge in [-0.15, -0.1) is 0 Å². The van der Waals surface area contributed by atoms with Gasteiger partial charge in [-0.1, -0.05) is 15.9 Å². The maximum atomic E-state index is 12.2. The summed E-state index contributed by atoms with van der Waals surface area (Å²) >= 11 is 3.49. The molecule has 1 amide bonds. The van der Waals surface area contributed by atoms with Gasteiger partial charge in [-0.05, 0) is 25.8 Å². The largest absolute Gasteiger partial charge is 0.381 e. The van der Waals surface area contributed by atoms with E-state index in [-0.39, 0.29) is 11.4 Å². The van der Waals surface area contributed by atoms with E-state index in [0.29, 0.717) is 18.9 Å². The fourth-order valence-corrected chi connectivity index (χ4v) is 2.73. The zero-order chi connectivity index (χ0) is 13.2. The van der Waals surface area contributed by atoms with Gasteiger partial charge in [0.15, 0.2) is 0 Å². The standard InChI is InChI=1S/C12H18BrN3O2/c1-9-7-10(15-16(9)2)11(17)14-12(8-13)3-5-18-6-4-12/h7H,3-6,8H2,1-2H3,(H,14,17). The third-order valence-corrected chi connectivity index (χ3v) is 4.50. The third-order valence-electron chi connectivity index (χ3n) is 3.43. The fraction of sp³-hybridized carbons (Fsp3) is 0.667. The summed E-state index contributed by atoms with van der Waals surface area (Å²) in [5.41, 5.74) is 1.24. The zero-order valence-electron chi connectivity index (χ0n) is 10.7. The molecule has 1 fully saturated rings. The van der Waals surface area contributed by atoms with Crippen molar-refractivity contribution in [3.63, 3.8) is 0 Å². The number of aryl methyl sites for hydroxylation is 2. The molecule has 1 N–H and O–H groups in total. The van der Waals surface area contributed by atoms with E-state index in [2.05, 4.69) is 26.3 Å². The van der Waals surface area contributed by atoms with Crippen LogP contribution in [0.1, 0.15) is 29.0 Å². The maximum Gasteiger partial charge on any atom is 0.272 e. The number of nitrogens with zero attached hydrogens (tertiary/aromatic N) is 2. The van der Waals surface area contributed by atoms with Crippen molar-refractivity contribution in [2.45, 2.75) is 25.3 Å². The lowest BCUT2D eigenvalue weighted by Gasteiger charge is -2.36. The Balaban J connectivity index is 2.09. The molecule has 0 aromatic carbocycles. The van der Waals surface area contributed by atoms with Crippen LogP contribution in [0, 0.1) is 6.92 Å². The summed E-state index contributed by atoms with van der Waals surface area (Å²) in [5, 5.41) is 8.03. The molecule has 5 nitrogen and oxygen atoms in total. The first-order valence-electron chi connectivity index (χ1n) is 6.03. The van der Waals surface area contributed by atoms with Gasteiger partial charge in [-0.25, -0.2) is 0 Å². The van der Waals surface area contributed by atoms with Gasteiger partial charge in [-0.3, -0.25) is 9.48 Å². The van der Waals surface area contributed by atoms with Gasteiger partial charge in [0.1, 0.15) is 5.69 Å². The van der Waals surface area contributed by atoms with Gasteiger partial charge >= 0.3 is 0 Å². The molecule has 0 bridgehead atoms. The second-order valence-corrected chi connectivity index (χ2v) is 5.34. The molecule has 2 heterocycles. The molecule has 0 radical (unpaired) electrons. The lowest BCUT2D eigenvalue weighted by molar-refractivity contribution is 0.0440. The van der Waals surface area contributed by atoms with E-state index < -0.39 is 0 Å². The summed E-state index contributed by atoms with van der Waals surface area (Å²) in [7, 11) is 1.83. The minimum absolute atomic E-state index is 0.111. The van der Waals surface area contributed by atoms with Crippen LogP contribution in [0.5, 0.6) is 0 Å². The minimum Gasteiger partial charge on any atom is -0.381 e. The third kappa shape index (κ3) is 2.75. The Labute approximate surface area is 115 Å². The topological polar surface area (TPSA) is 56.1 Å². The van der Waals surface area contributed by atoms with Crippen molar-refractivity contribution in [3.8, 4) is 0 Å². The zero-order valence-corrected chi connectivity index (χ0v) is 12.3. The van der Waals surface area contributed by atoms with E-state index in [4.69, 9.17) is 4.74 Å². The number of hydrogen-bond donors (Lipinski definition) is 1. The Morgan fingerprint density at radius 3 is 2.78 bits per heavy atom. The summed E-state index contributed by atoms with van der Waals surface area (Å²) < 4.78 is 7.05. The minimum atomic E-state index is -0.208. The lowest BCUT2D eigenvalue weighted by atomic mass is 9.92. The highest BCUT2D eigenvalue weighted by molar-refractivity contribution is 9.09. The first kappa shape index (κ1) is 13.5. The summed E-state index contributed by atoms with van der Waals surface area (Å²) in [5.74, 6) is -0.111. The van der Waals surface area contributed by atoms with E-state index in [1.807, 2.05) is 14.0 Å². The lowest BCUT2D eigenvalue weighted by Crippen LogP contribution is -2.53. The molecular formula is C12H18BrN3O2. The van der Waals surface area contributed by atoms with E-state index in [1.54, 1.807) is 10.7 Å². The quantitative estimate of drug-likeness (QED) is 0.858. The van der Waals surface area contributed by atoms with Crippen molar-refractivity contribution in [3.05, 3.63) is 17.5 Å². The Morgan fingerprint density at radius 1 is 1.61 bits per heavy atom. The Bertz CT molecular complexity index is 419. The number of nitrogens with one attached hydrogen (secondary N) is 1. The van der Waals surface area contributed by atoms with Crippen molar-refractivity contribution in [1.82, 2.24) is 15.1 Å². The van der Waals surface area contributed by atoms with Crippen molar-refractivity contribution < 1.29 is 9.53 Å². The summed E-state index contributed by atoms with van der Waals surface area (Å²) in [4.78, 5) is 12.2. The predicted molar refractivity (Wildman–Crippen MR) is 72.0 cm³/mol. The van der Waals surface area contributed by atoms with Crippen molar-refractivity contribution >= 4 is 21.8 Å². The van der Waals surface area contributed by atoms with Crippen molar-refractivity contribution in [1.29, 1.82) is 0 Å². The van der Waals surface area contributed by atoms with Crippen LogP contribution in [-0.4, -0.2) is 39.8 Å². The highest BCUT2D eigenvalue weighted by Crippen LogP contribution is 2.23.